The van der Waals surface area contributed by atoms with Crippen LogP contribution in [0.25, 0.3) is 0 Å². The molecule has 1 nitrogen and oxygen atoms in total. The minimum atomic E-state index is -0.288. The lowest BCUT2D eigenvalue weighted by Gasteiger charge is -2.20. The third-order valence-corrected chi connectivity index (χ3v) is 3.67. The lowest BCUT2D eigenvalue weighted by Crippen LogP contribution is -2.11. The van der Waals surface area contributed by atoms with Crippen LogP contribution in [0, 0.1) is 5.92 Å². The molecule has 0 aliphatic heterocycles. The molecule has 1 N–H and O–H groups in total. The molecule has 1 aromatic carbocycles. The van der Waals surface area contributed by atoms with Crippen LogP contribution in [0.1, 0.15) is 50.3 Å². The average molecular weight is 230 g/mol. The zero-order valence-corrected chi connectivity index (χ0v) is 10.8. The van der Waals surface area contributed by atoms with Crippen molar-refractivity contribution >= 4 is 0 Å². The fraction of sp³-hybridized carbons (Fsp3) is 0.500. The Morgan fingerprint density at radius 1 is 1.35 bits per heavy atom. The molecular formula is C16H22O. The van der Waals surface area contributed by atoms with Crippen molar-refractivity contribution in [2.24, 2.45) is 5.92 Å². The quantitative estimate of drug-likeness (QED) is 0.601. The SMILES string of the molecule is CC(C)=CCC1CCCc2ccccc2C1O. The van der Waals surface area contributed by atoms with Crippen molar-refractivity contribution in [3.63, 3.8) is 0 Å². The minimum absolute atomic E-state index is 0.288. The Labute approximate surface area is 104 Å². The molecule has 0 aromatic heterocycles. The first kappa shape index (κ1) is 12.4. The van der Waals surface area contributed by atoms with E-state index in [1.807, 2.05) is 6.07 Å². The first-order valence-electron chi connectivity index (χ1n) is 6.57. The van der Waals surface area contributed by atoms with Gasteiger partial charge in [-0.2, -0.15) is 0 Å². The van der Waals surface area contributed by atoms with Crippen molar-refractivity contribution < 1.29 is 5.11 Å². The number of allylic oxidation sites excluding steroid dienone is 2. The van der Waals surface area contributed by atoms with Gasteiger partial charge in [-0.1, -0.05) is 35.9 Å². The second kappa shape index (κ2) is 5.50. The van der Waals surface area contributed by atoms with E-state index in [4.69, 9.17) is 0 Å². The molecule has 2 atom stereocenters. The third kappa shape index (κ3) is 2.98. The zero-order chi connectivity index (χ0) is 12.3. The Kier molecular flexibility index (Phi) is 4.01. The van der Waals surface area contributed by atoms with E-state index in [9.17, 15) is 5.11 Å². The highest BCUT2D eigenvalue weighted by Gasteiger charge is 2.24. The maximum atomic E-state index is 10.5. The Morgan fingerprint density at radius 2 is 2.12 bits per heavy atom. The van der Waals surface area contributed by atoms with Crippen LogP contribution >= 0.6 is 0 Å². The molecule has 1 aromatic rings. The number of hydrogen-bond acceptors (Lipinski definition) is 1. The van der Waals surface area contributed by atoms with E-state index in [1.54, 1.807) is 0 Å². The molecule has 0 amide bonds. The van der Waals surface area contributed by atoms with E-state index in [0.29, 0.717) is 5.92 Å². The summed E-state index contributed by atoms with van der Waals surface area (Å²) < 4.78 is 0. The van der Waals surface area contributed by atoms with Gasteiger partial charge in [0, 0.05) is 0 Å². The summed E-state index contributed by atoms with van der Waals surface area (Å²) in [5.41, 5.74) is 3.83. The van der Waals surface area contributed by atoms with Crippen molar-refractivity contribution in [2.45, 2.75) is 45.6 Å². The van der Waals surface area contributed by atoms with Gasteiger partial charge in [-0.15, -0.1) is 0 Å². The van der Waals surface area contributed by atoms with Crippen LogP contribution in [0.3, 0.4) is 0 Å². The average Bonchev–Trinajstić information content (AvgIpc) is 2.47. The lowest BCUT2D eigenvalue weighted by atomic mass is 9.90. The summed E-state index contributed by atoms with van der Waals surface area (Å²) in [5, 5.41) is 10.5. The fourth-order valence-electron chi connectivity index (χ4n) is 2.65. The van der Waals surface area contributed by atoms with Gasteiger partial charge in [0.25, 0.3) is 0 Å². The highest BCUT2D eigenvalue weighted by atomic mass is 16.3. The largest absolute Gasteiger partial charge is 0.388 e. The number of hydrogen-bond donors (Lipinski definition) is 1. The highest BCUT2D eigenvalue weighted by molar-refractivity contribution is 5.30. The Bertz CT molecular complexity index is 402. The van der Waals surface area contributed by atoms with Crippen LogP contribution in [0.15, 0.2) is 35.9 Å². The van der Waals surface area contributed by atoms with Gasteiger partial charge < -0.3 is 5.11 Å². The van der Waals surface area contributed by atoms with Crippen molar-refractivity contribution in [2.75, 3.05) is 0 Å². The van der Waals surface area contributed by atoms with Gasteiger partial charge in [0.15, 0.2) is 0 Å². The molecule has 2 unspecified atom stereocenters. The predicted molar refractivity (Wildman–Crippen MR) is 71.9 cm³/mol. The first-order chi connectivity index (χ1) is 8.18. The minimum Gasteiger partial charge on any atom is -0.388 e. The van der Waals surface area contributed by atoms with Crippen molar-refractivity contribution in [3.05, 3.63) is 47.0 Å². The molecule has 1 aliphatic carbocycles. The molecule has 92 valence electrons. The summed E-state index contributed by atoms with van der Waals surface area (Å²) in [6, 6.07) is 8.34. The smallest absolute Gasteiger partial charge is 0.0823 e. The number of aliphatic hydroxyl groups excluding tert-OH is 1. The second-order valence-electron chi connectivity index (χ2n) is 5.31. The standard InChI is InChI=1S/C16H22O/c1-12(2)10-11-14-8-5-7-13-6-3-4-9-15(13)16(14)17/h3-4,6,9-10,14,16-17H,5,7-8,11H2,1-2H3. The summed E-state index contributed by atoms with van der Waals surface area (Å²) in [6.45, 7) is 4.24. The van der Waals surface area contributed by atoms with Crippen LogP contribution in [0.5, 0.6) is 0 Å². The van der Waals surface area contributed by atoms with Gasteiger partial charge in [-0.3, -0.25) is 0 Å². The summed E-state index contributed by atoms with van der Waals surface area (Å²) in [5.74, 6) is 0.383. The van der Waals surface area contributed by atoms with Crippen molar-refractivity contribution in [1.29, 1.82) is 0 Å². The van der Waals surface area contributed by atoms with Gasteiger partial charge >= 0.3 is 0 Å². The maximum absolute atomic E-state index is 10.5. The third-order valence-electron chi connectivity index (χ3n) is 3.67. The number of fused-ring (bicyclic) bond motifs is 1. The van der Waals surface area contributed by atoms with E-state index in [2.05, 4.69) is 38.1 Å². The van der Waals surface area contributed by atoms with Crippen LogP contribution in [0.2, 0.25) is 0 Å². The summed E-state index contributed by atoms with van der Waals surface area (Å²) in [6.07, 6.45) is 6.39. The molecule has 0 saturated carbocycles. The van der Waals surface area contributed by atoms with Gasteiger partial charge in [0.2, 0.25) is 0 Å². The topological polar surface area (TPSA) is 20.2 Å². The fourth-order valence-corrected chi connectivity index (χ4v) is 2.65. The molecule has 0 radical (unpaired) electrons. The highest BCUT2D eigenvalue weighted by Crippen LogP contribution is 2.35. The number of aryl methyl sites for hydroxylation is 1. The molecule has 0 spiro atoms. The number of benzene rings is 1. The number of rotatable bonds is 2. The van der Waals surface area contributed by atoms with E-state index in [1.165, 1.54) is 17.6 Å². The van der Waals surface area contributed by atoms with Crippen LogP contribution < -0.4 is 0 Å². The maximum Gasteiger partial charge on any atom is 0.0823 e. The van der Waals surface area contributed by atoms with E-state index < -0.39 is 0 Å². The Hall–Kier alpha value is -1.08. The van der Waals surface area contributed by atoms with E-state index >= 15 is 0 Å². The van der Waals surface area contributed by atoms with Crippen LogP contribution in [-0.2, 0) is 6.42 Å². The van der Waals surface area contributed by atoms with Gasteiger partial charge in [-0.05, 0) is 56.6 Å². The molecular weight excluding hydrogens is 208 g/mol. The van der Waals surface area contributed by atoms with Gasteiger partial charge in [0.05, 0.1) is 6.10 Å². The van der Waals surface area contributed by atoms with Crippen LogP contribution in [-0.4, -0.2) is 5.11 Å². The molecule has 0 fully saturated rings. The zero-order valence-electron chi connectivity index (χ0n) is 10.8. The van der Waals surface area contributed by atoms with E-state index in [-0.39, 0.29) is 6.10 Å². The molecule has 1 heteroatoms. The molecule has 2 rings (SSSR count). The van der Waals surface area contributed by atoms with Gasteiger partial charge in [0.1, 0.15) is 0 Å². The summed E-state index contributed by atoms with van der Waals surface area (Å²) in [4.78, 5) is 0. The normalized spacial score (nSPS) is 23.7. The first-order valence-corrected chi connectivity index (χ1v) is 6.57. The Balaban J connectivity index is 2.20. The molecule has 0 heterocycles. The van der Waals surface area contributed by atoms with Crippen molar-refractivity contribution in [3.8, 4) is 0 Å². The molecule has 0 bridgehead atoms. The Morgan fingerprint density at radius 3 is 2.88 bits per heavy atom. The molecule has 1 aliphatic rings. The summed E-state index contributed by atoms with van der Waals surface area (Å²) in [7, 11) is 0. The second-order valence-corrected chi connectivity index (χ2v) is 5.31. The van der Waals surface area contributed by atoms with E-state index in [0.717, 1.165) is 24.8 Å². The lowest BCUT2D eigenvalue weighted by molar-refractivity contribution is 0.106. The monoisotopic (exact) mass is 230 g/mol. The molecule has 17 heavy (non-hydrogen) atoms. The van der Waals surface area contributed by atoms with Crippen molar-refractivity contribution in [1.82, 2.24) is 0 Å². The van der Waals surface area contributed by atoms with Gasteiger partial charge in [-0.25, -0.2) is 0 Å². The summed E-state index contributed by atoms with van der Waals surface area (Å²) >= 11 is 0. The number of aliphatic hydroxyl groups is 1. The predicted octanol–water partition coefficient (Wildman–Crippen LogP) is 4.03. The molecule has 0 saturated heterocycles. The van der Waals surface area contributed by atoms with Crippen LogP contribution in [0.4, 0.5) is 0 Å².